The molecule has 1 aromatic heterocycles. The Morgan fingerprint density at radius 2 is 2.16 bits per heavy atom. The number of nitrogens with zero attached hydrogens (tertiary/aromatic N) is 2. The number of imidazole rings is 1. The van der Waals surface area contributed by atoms with E-state index in [0.29, 0.717) is 25.0 Å². The van der Waals surface area contributed by atoms with Gasteiger partial charge in [-0.1, -0.05) is 13.8 Å². The number of hydrogen-bond donors (Lipinski definition) is 2. The minimum atomic E-state index is -3.38. The second-order valence-corrected chi connectivity index (χ2v) is 7.23. The largest absolute Gasteiger partial charge is 0.335 e. The molecule has 7 heteroatoms. The molecule has 2 N–H and O–H groups in total. The Balaban J connectivity index is 1.90. The van der Waals surface area contributed by atoms with Gasteiger partial charge in [-0.05, 0) is 25.3 Å². The van der Waals surface area contributed by atoms with Gasteiger partial charge in [0.2, 0.25) is 0 Å². The van der Waals surface area contributed by atoms with Crippen molar-refractivity contribution in [3.05, 3.63) is 12.5 Å². The molecule has 19 heavy (non-hydrogen) atoms. The summed E-state index contributed by atoms with van der Waals surface area (Å²) in [6.45, 7) is 6.39. The minimum Gasteiger partial charge on any atom is -0.335 e. The van der Waals surface area contributed by atoms with Crippen LogP contribution in [-0.2, 0) is 10.0 Å². The van der Waals surface area contributed by atoms with Crippen LogP contribution in [0.15, 0.2) is 17.6 Å². The zero-order chi connectivity index (χ0) is 13.9. The van der Waals surface area contributed by atoms with Crippen LogP contribution in [0.3, 0.4) is 0 Å². The van der Waals surface area contributed by atoms with Crippen LogP contribution in [-0.4, -0.2) is 48.4 Å². The predicted octanol–water partition coefficient (Wildman–Crippen LogP) is 0.808. The van der Waals surface area contributed by atoms with Crippen LogP contribution >= 0.6 is 0 Å². The molecular formula is C12H22N4O2S. The van der Waals surface area contributed by atoms with Gasteiger partial charge in [-0.15, -0.1) is 0 Å². The van der Waals surface area contributed by atoms with E-state index in [1.54, 1.807) is 4.31 Å². The molecule has 2 rings (SSSR count). The van der Waals surface area contributed by atoms with E-state index in [0.717, 1.165) is 19.4 Å². The summed E-state index contributed by atoms with van der Waals surface area (Å²) >= 11 is 0. The molecule has 0 spiro atoms. The molecule has 1 saturated heterocycles. The van der Waals surface area contributed by atoms with Crippen molar-refractivity contribution in [3.8, 4) is 0 Å². The van der Waals surface area contributed by atoms with Crippen molar-refractivity contribution in [1.29, 1.82) is 0 Å². The maximum atomic E-state index is 12.3. The van der Waals surface area contributed by atoms with E-state index >= 15 is 0 Å². The van der Waals surface area contributed by atoms with Crippen molar-refractivity contribution < 1.29 is 8.42 Å². The third-order valence-electron chi connectivity index (χ3n) is 3.48. The first kappa shape index (κ1) is 14.5. The van der Waals surface area contributed by atoms with Gasteiger partial charge in [0.25, 0.3) is 10.0 Å². The lowest BCUT2D eigenvalue weighted by molar-refractivity contribution is 0.263. The number of H-pyrrole nitrogens is 1. The summed E-state index contributed by atoms with van der Waals surface area (Å²) < 4.78 is 26.1. The highest BCUT2D eigenvalue weighted by Crippen LogP contribution is 2.22. The third kappa shape index (κ3) is 3.55. The summed E-state index contributed by atoms with van der Waals surface area (Å²) in [5.74, 6) is 0.565. The molecule has 0 aliphatic carbocycles. The van der Waals surface area contributed by atoms with Crippen molar-refractivity contribution in [2.75, 3.05) is 19.6 Å². The van der Waals surface area contributed by atoms with Crippen LogP contribution in [0, 0.1) is 5.92 Å². The molecule has 1 fully saturated rings. The van der Waals surface area contributed by atoms with E-state index < -0.39 is 10.0 Å². The number of piperidine rings is 1. The van der Waals surface area contributed by atoms with E-state index in [-0.39, 0.29) is 5.03 Å². The first-order chi connectivity index (χ1) is 9.00. The van der Waals surface area contributed by atoms with Gasteiger partial charge in [-0.25, -0.2) is 13.4 Å². The molecule has 108 valence electrons. The van der Waals surface area contributed by atoms with Gasteiger partial charge in [-0.2, -0.15) is 4.31 Å². The van der Waals surface area contributed by atoms with E-state index in [1.165, 1.54) is 12.5 Å². The average molecular weight is 286 g/mol. The van der Waals surface area contributed by atoms with Crippen LogP contribution < -0.4 is 5.32 Å². The lowest BCUT2D eigenvalue weighted by Gasteiger charge is -2.31. The van der Waals surface area contributed by atoms with Crippen molar-refractivity contribution in [2.45, 2.75) is 37.8 Å². The van der Waals surface area contributed by atoms with Gasteiger partial charge in [0, 0.05) is 19.1 Å². The summed E-state index contributed by atoms with van der Waals surface area (Å²) in [7, 11) is -3.38. The Bertz CT molecular complexity index is 476. The maximum Gasteiger partial charge on any atom is 0.260 e. The molecule has 6 nitrogen and oxygen atoms in total. The first-order valence-corrected chi connectivity index (χ1v) is 8.16. The highest BCUT2D eigenvalue weighted by molar-refractivity contribution is 7.89. The normalized spacial score (nSPS) is 19.1. The molecule has 0 bridgehead atoms. The van der Waals surface area contributed by atoms with Gasteiger partial charge < -0.3 is 10.3 Å². The summed E-state index contributed by atoms with van der Waals surface area (Å²) in [6, 6.07) is 0.478. The maximum absolute atomic E-state index is 12.3. The van der Waals surface area contributed by atoms with E-state index in [4.69, 9.17) is 0 Å². The van der Waals surface area contributed by atoms with Crippen LogP contribution in [0.25, 0.3) is 0 Å². The van der Waals surface area contributed by atoms with E-state index in [9.17, 15) is 8.42 Å². The highest BCUT2D eigenvalue weighted by atomic mass is 32.2. The Hall–Kier alpha value is -0.920. The summed E-state index contributed by atoms with van der Waals surface area (Å²) in [5.41, 5.74) is 0. The lowest BCUT2D eigenvalue weighted by atomic mass is 9.98. The fourth-order valence-electron chi connectivity index (χ4n) is 2.28. The van der Waals surface area contributed by atoms with Crippen molar-refractivity contribution in [1.82, 2.24) is 19.6 Å². The Morgan fingerprint density at radius 1 is 1.47 bits per heavy atom. The standard InChI is InChI=1S/C12H22N4O2S/c1-10(2)14-7-11-3-5-16(6-4-11)19(17,18)12-8-13-9-15-12/h8-11,14H,3-7H2,1-2H3,(H,13,15). The van der Waals surface area contributed by atoms with Gasteiger partial charge in [0.1, 0.15) is 0 Å². The Labute approximate surface area is 114 Å². The highest BCUT2D eigenvalue weighted by Gasteiger charge is 2.30. The average Bonchev–Trinajstić information content (AvgIpc) is 2.91. The summed E-state index contributed by atoms with van der Waals surface area (Å²) in [6.07, 6.45) is 4.58. The molecule has 2 heterocycles. The van der Waals surface area contributed by atoms with Crippen LogP contribution in [0.1, 0.15) is 26.7 Å². The number of nitrogens with one attached hydrogen (secondary N) is 2. The molecule has 1 aliphatic rings. The third-order valence-corrected chi connectivity index (χ3v) is 5.30. The van der Waals surface area contributed by atoms with Gasteiger partial charge in [-0.3, -0.25) is 0 Å². The van der Waals surface area contributed by atoms with Crippen molar-refractivity contribution in [3.63, 3.8) is 0 Å². The Kier molecular flexibility index (Phi) is 4.59. The van der Waals surface area contributed by atoms with Gasteiger partial charge in [0.05, 0.1) is 12.5 Å². The predicted molar refractivity (Wildman–Crippen MR) is 73.2 cm³/mol. The number of sulfonamides is 1. The van der Waals surface area contributed by atoms with Crippen molar-refractivity contribution >= 4 is 10.0 Å². The SMILES string of the molecule is CC(C)NCC1CCN(S(=O)(=O)c2cnc[nH]2)CC1. The molecule has 0 saturated carbocycles. The Morgan fingerprint density at radius 3 is 2.68 bits per heavy atom. The number of aromatic amines is 1. The van der Waals surface area contributed by atoms with E-state index in [1.807, 2.05) is 0 Å². The van der Waals surface area contributed by atoms with Crippen LogP contribution in [0.5, 0.6) is 0 Å². The lowest BCUT2D eigenvalue weighted by Crippen LogP contribution is -2.41. The monoisotopic (exact) mass is 286 g/mol. The van der Waals surface area contributed by atoms with E-state index in [2.05, 4.69) is 29.1 Å². The minimum absolute atomic E-state index is 0.186. The second kappa shape index (κ2) is 6.02. The second-order valence-electron chi connectivity index (χ2n) is 5.33. The fraction of sp³-hybridized carbons (Fsp3) is 0.750. The molecule has 0 radical (unpaired) electrons. The number of hydrogen-bond acceptors (Lipinski definition) is 4. The molecule has 0 atom stereocenters. The molecule has 1 aromatic rings. The van der Waals surface area contributed by atoms with Gasteiger partial charge >= 0.3 is 0 Å². The molecule has 0 unspecified atom stereocenters. The first-order valence-electron chi connectivity index (χ1n) is 6.72. The molecule has 0 amide bonds. The zero-order valence-electron chi connectivity index (χ0n) is 11.5. The molecule has 1 aliphatic heterocycles. The fourth-order valence-corrected chi connectivity index (χ4v) is 3.64. The van der Waals surface area contributed by atoms with Crippen LogP contribution in [0.4, 0.5) is 0 Å². The smallest absolute Gasteiger partial charge is 0.260 e. The summed E-state index contributed by atoms with van der Waals surface area (Å²) in [5, 5.41) is 3.60. The van der Waals surface area contributed by atoms with Gasteiger partial charge in [0.15, 0.2) is 5.03 Å². The number of aromatic nitrogens is 2. The van der Waals surface area contributed by atoms with Crippen LogP contribution in [0.2, 0.25) is 0 Å². The number of rotatable bonds is 5. The summed E-state index contributed by atoms with van der Waals surface area (Å²) in [4.78, 5) is 6.45. The zero-order valence-corrected chi connectivity index (χ0v) is 12.3. The quantitative estimate of drug-likeness (QED) is 0.839. The van der Waals surface area contributed by atoms with Crippen molar-refractivity contribution in [2.24, 2.45) is 5.92 Å². The molecular weight excluding hydrogens is 264 g/mol. The topological polar surface area (TPSA) is 78.1 Å². The molecule has 0 aromatic carbocycles.